The SMILES string of the molecule is CCC1(C)CC(CN)(N2CCn3ccnc3C2)CCO1. The van der Waals surface area contributed by atoms with Crippen LogP contribution in [0.25, 0.3) is 0 Å². The summed E-state index contributed by atoms with van der Waals surface area (Å²) < 4.78 is 8.26. The predicted molar refractivity (Wildman–Crippen MR) is 78.3 cm³/mol. The van der Waals surface area contributed by atoms with E-state index in [1.165, 1.54) is 0 Å². The van der Waals surface area contributed by atoms with Crippen LogP contribution in [0, 0.1) is 0 Å². The molecule has 5 heteroatoms. The Morgan fingerprint density at radius 1 is 1.45 bits per heavy atom. The van der Waals surface area contributed by atoms with E-state index in [2.05, 4.69) is 34.5 Å². The fourth-order valence-corrected chi connectivity index (χ4v) is 3.70. The van der Waals surface area contributed by atoms with Crippen LogP contribution in [0.5, 0.6) is 0 Å². The summed E-state index contributed by atoms with van der Waals surface area (Å²) in [5.74, 6) is 1.16. The van der Waals surface area contributed by atoms with Crippen LogP contribution in [0.4, 0.5) is 0 Å². The van der Waals surface area contributed by atoms with Crippen molar-refractivity contribution >= 4 is 0 Å². The van der Waals surface area contributed by atoms with Crippen molar-refractivity contribution in [3.63, 3.8) is 0 Å². The normalized spacial score (nSPS) is 35.0. The Labute approximate surface area is 121 Å². The number of nitrogens with two attached hydrogens (primary N) is 1. The second-order valence-corrected chi connectivity index (χ2v) is 6.47. The molecule has 20 heavy (non-hydrogen) atoms. The highest BCUT2D eigenvalue weighted by Crippen LogP contribution is 2.39. The third-order valence-electron chi connectivity index (χ3n) is 5.26. The van der Waals surface area contributed by atoms with Gasteiger partial charge in [0.2, 0.25) is 0 Å². The molecule has 0 aliphatic carbocycles. The van der Waals surface area contributed by atoms with Gasteiger partial charge < -0.3 is 15.0 Å². The van der Waals surface area contributed by atoms with Gasteiger partial charge in [-0.3, -0.25) is 4.90 Å². The lowest BCUT2D eigenvalue weighted by molar-refractivity contribution is -0.133. The molecule has 0 radical (unpaired) electrons. The van der Waals surface area contributed by atoms with Gasteiger partial charge in [0.05, 0.1) is 12.1 Å². The summed E-state index contributed by atoms with van der Waals surface area (Å²) in [6.45, 7) is 8.92. The average molecular weight is 278 g/mol. The van der Waals surface area contributed by atoms with Crippen molar-refractivity contribution in [1.82, 2.24) is 14.5 Å². The van der Waals surface area contributed by atoms with Crippen LogP contribution in [0.2, 0.25) is 0 Å². The maximum atomic E-state index is 6.22. The number of aromatic nitrogens is 2. The Morgan fingerprint density at radius 3 is 3.05 bits per heavy atom. The molecule has 1 aromatic heterocycles. The minimum absolute atomic E-state index is 0.0372. The number of ether oxygens (including phenoxy) is 1. The summed E-state index contributed by atoms with van der Waals surface area (Å²) in [7, 11) is 0. The van der Waals surface area contributed by atoms with Crippen LogP contribution in [-0.4, -0.2) is 45.3 Å². The molecular weight excluding hydrogens is 252 g/mol. The summed E-state index contributed by atoms with van der Waals surface area (Å²) in [6.07, 6.45) is 7.06. The molecule has 3 heterocycles. The lowest BCUT2D eigenvalue weighted by Gasteiger charge is -2.52. The van der Waals surface area contributed by atoms with Gasteiger partial charge >= 0.3 is 0 Å². The molecule has 1 saturated heterocycles. The zero-order chi connectivity index (χ0) is 14.2. The summed E-state index contributed by atoms with van der Waals surface area (Å²) in [5, 5.41) is 0. The molecule has 0 amide bonds. The molecule has 0 aromatic carbocycles. The number of nitrogens with zero attached hydrogens (tertiary/aromatic N) is 3. The van der Waals surface area contributed by atoms with E-state index in [9.17, 15) is 0 Å². The quantitative estimate of drug-likeness (QED) is 0.907. The van der Waals surface area contributed by atoms with E-state index in [-0.39, 0.29) is 11.1 Å². The van der Waals surface area contributed by atoms with Gasteiger partial charge in [-0.2, -0.15) is 0 Å². The maximum absolute atomic E-state index is 6.22. The fraction of sp³-hybridized carbons (Fsp3) is 0.800. The molecule has 0 bridgehead atoms. The second kappa shape index (κ2) is 5.13. The molecule has 2 N–H and O–H groups in total. The zero-order valence-electron chi connectivity index (χ0n) is 12.6. The minimum atomic E-state index is -0.0372. The van der Waals surface area contributed by atoms with Crippen molar-refractivity contribution in [2.75, 3.05) is 19.7 Å². The standard InChI is InChI=1S/C15H26N4O/c1-3-14(2)11-15(12-16,4-9-20-14)19-8-7-18-6-5-17-13(18)10-19/h5-6H,3-4,7-12,16H2,1-2H3. The average Bonchev–Trinajstić information content (AvgIpc) is 2.94. The Balaban J connectivity index is 1.83. The van der Waals surface area contributed by atoms with Gasteiger partial charge in [-0.1, -0.05) is 6.92 Å². The van der Waals surface area contributed by atoms with Crippen LogP contribution in [0.1, 0.15) is 38.9 Å². The van der Waals surface area contributed by atoms with Gasteiger partial charge in [-0.05, 0) is 26.2 Å². The third kappa shape index (κ3) is 2.28. The van der Waals surface area contributed by atoms with Crippen molar-refractivity contribution in [2.24, 2.45) is 5.73 Å². The minimum Gasteiger partial charge on any atom is -0.375 e. The number of fused-ring (bicyclic) bond motifs is 1. The monoisotopic (exact) mass is 278 g/mol. The second-order valence-electron chi connectivity index (χ2n) is 6.47. The van der Waals surface area contributed by atoms with Crippen LogP contribution in [-0.2, 0) is 17.8 Å². The molecule has 2 unspecified atom stereocenters. The number of hydrogen-bond donors (Lipinski definition) is 1. The van der Waals surface area contributed by atoms with E-state index in [0.717, 1.165) is 51.3 Å². The topological polar surface area (TPSA) is 56.3 Å². The Kier molecular flexibility index (Phi) is 3.60. The van der Waals surface area contributed by atoms with Crippen molar-refractivity contribution in [3.8, 4) is 0 Å². The summed E-state index contributed by atoms with van der Waals surface area (Å²) in [6, 6.07) is 0. The largest absolute Gasteiger partial charge is 0.375 e. The first kappa shape index (κ1) is 14.0. The van der Waals surface area contributed by atoms with Crippen molar-refractivity contribution in [1.29, 1.82) is 0 Å². The zero-order valence-corrected chi connectivity index (χ0v) is 12.6. The molecule has 2 aliphatic heterocycles. The maximum Gasteiger partial charge on any atom is 0.122 e. The van der Waals surface area contributed by atoms with E-state index in [4.69, 9.17) is 10.5 Å². The number of hydrogen-bond acceptors (Lipinski definition) is 4. The molecule has 1 fully saturated rings. The molecule has 1 aromatic rings. The van der Waals surface area contributed by atoms with Crippen LogP contribution in [0.15, 0.2) is 12.4 Å². The van der Waals surface area contributed by atoms with Crippen LogP contribution < -0.4 is 5.73 Å². The number of rotatable bonds is 3. The lowest BCUT2D eigenvalue weighted by Crippen LogP contribution is -2.62. The Morgan fingerprint density at radius 2 is 2.30 bits per heavy atom. The van der Waals surface area contributed by atoms with E-state index < -0.39 is 0 Å². The summed E-state index contributed by atoms with van der Waals surface area (Å²) >= 11 is 0. The molecule has 5 nitrogen and oxygen atoms in total. The van der Waals surface area contributed by atoms with Gasteiger partial charge in [0.1, 0.15) is 5.82 Å². The van der Waals surface area contributed by atoms with Gasteiger partial charge in [-0.25, -0.2) is 4.98 Å². The Hall–Kier alpha value is -0.910. The van der Waals surface area contributed by atoms with Crippen LogP contribution >= 0.6 is 0 Å². The van der Waals surface area contributed by atoms with E-state index in [0.29, 0.717) is 6.54 Å². The molecule has 0 spiro atoms. The predicted octanol–water partition coefficient (Wildman–Crippen LogP) is 1.38. The molecule has 2 aliphatic rings. The highest BCUT2D eigenvalue weighted by molar-refractivity contribution is 5.05. The van der Waals surface area contributed by atoms with Gasteiger partial charge in [0.15, 0.2) is 0 Å². The van der Waals surface area contributed by atoms with Crippen molar-refractivity contribution in [2.45, 2.75) is 57.3 Å². The van der Waals surface area contributed by atoms with Gasteiger partial charge in [0, 0.05) is 44.2 Å². The summed E-state index contributed by atoms with van der Waals surface area (Å²) in [5.41, 5.74) is 6.25. The van der Waals surface area contributed by atoms with Gasteiger partial charge in [-0.15, -0.1) is 0 Å². The van der Waals surface area contributed by atoms with Gasteiger partial charge in [0.25, 0.3) is 0 Å². The fourth-order valence-electron chi connectivity index (χ4n) is 3.70. The summed E-state index contributed by atoms with van der Waals surface area (Å²) in [4.78, 5) is 7.02. The van der Waals surface area contributed by atoms with Crippen molar-refractivity contribution in [3.05, 3.63) is 18.2 Å². The first-order valence-electron chi connectivity index (χ1n) is 7.70. The van der Waals surface area contributed by atoms with E-state index in [1.807, 2.05) is 6.20 Å². The molecule has 112 valence electrons. The molecular formula is C15H26N4O. The first-order valence-corrected chi connectivity index (χ1v) is 7.70. The number of imidazole rings is 1. The molecule has 3 rings (SSSR count). The highest BCUT2D eigenvalue weighted by Gasteiger charge is 2.46. The molecule has 0 saturated carbocycles. The third-order valence-corrected chi connectivity index (χ3v) is 5.26. The van der Waals surface area contributed by atoms with Crippen LogP contribution in [0.3, 0.4) is 0 Å². The van der Waals surface area contributed by atoms with E-state index >= 15 is 0 Å². The smallest absolute Gasteiger partial charge is 0.122 e. The highest BCUT2D eigenvalue weighted by atomic mass is 16.5. The van der Waals surface area contributed by atoms with Crippen molar-refractivity contribution < 1.29 is 4.74 Å². The molecule has 2 atom stereocenters. The first-order chi connectivity index (χ1) is 9.61. The Bertz CT molecular complexity index is 474. The van der Waals surface area contributed by atoms with E-state index in [1.54, 1.807) is 0 Å². The lowest BCUT2D eigenvalue weighted by atomic mass is 9.77.